The highest BCUT2D eigenvalue weighted by molar-refractivity contribution is 7.86. The van der Waals surface area contributed by atoms with E-state index in [4.69, 9.17) is 0 Å². The number of rotatable bonds is 2. The quantitative estimate of drug-likeness (QED) is 0.730. The Bertz CT molecular complexity index is 424. The van der Waals surface area contributed by atoms with E-state index in [9.17, 15) is 8.42 Å². The third-order valence-corrected chi connectivity index (χ3v) is 3.52. The van der Waals surface area contributed by atoms with E-state index in [1.54, 1.807) is 12.1 Å². The van der Waals surface area contributed by atoms with Crippen LogP contribution in [-0.2, 0) is 19.7 Å². The molecule has 84 valence electrons. The molecule has 0 radical (unpaired) electrons. The molecule has 1 aromatic rings. The summed E-state index contributed by atoms with van der Waals surface area (Å²) in [6, 6.07) is 6.76. The van der Waals surface area contributed by atoms with Crippen LogP contribution in [0.4, 0.5) is 0 Å². The molecule has 0 N–H and O–H groups in total. The largest absolute Gasteiger partial charge is 0.296 e. The maximum Gasteiger partial charge on any atom is 0.296 e. The Balaban J connectivity index is 3.12. The van der Waals surface area contributed by atoms with Gasteiger partial charge in [0.1, 0.15) is 0 Å². The first kappa shape index (κ1) is 12.2. The molecule has 0 saturated heterocycles. The standard InChI is InChI=1S/C11H16O3S/c1-11(2,3)9-5-7-10(8-6-9)15(12,13)14-4/h5-8H,1-4H3. The van der Waals surface area contributed by atoms with Crippen molar-refractivity contribution in [3.05, 3.63) is 29.8 Å². The summed E-state index contributed by atoms with van der Waals surface area (Å²) in [6.07, 6.45) is 0. The van der Waals surface area contributed by atoms with E-state index in [0.717, 1.165) is 12.7 Å². The minimum absolute atomic E-state index is 0.0232. The van der Waals surface area contributed by atoms with E-state index in [-0.39, 0.29) is 10.3 Å². The first-order valence-electron chi connectivity index (χ1n) is 4.68. The molecule has 0 saturated carbocycles. The molecule has 0 fully saturated rings. The Kier molecular flexibility index (Phi) is 3.21. The predicted molar refractivity (Wildman–Crippen MR) is 59.3 cm³/mol. The van der Waals surface area contributed by atoms with Crippen LogP contribution in [0, 0.1) is 0 Å². The minimum atomic E-state index is -3.56. The number of hydrogen-bond donors (Lipinski definition) is 0. The van der Waals surface area contributed by atoms with Gasteiger partial charge in [0.2, 0.25) is 0 Å². The molecule has 0 aliphatic heterocycles. The van der Waals surface area contributed by atoms with Gasteiger partial charge in [0.25, 0.3) is 10.1 Å². The monoisotopic (exact) mass is 228 g/mol. The van der Waals surface area contributed by atoms with Crippen molar-refractivity contribution in [1.29, 1.82) is 0 Å². The first-order valence-corrected chi connectivity index (χ1v) is 6.09. The van der Waals surface area contributed by atoms with Gasteiger partial charge in [-0.15, -0.1) is 0 Å². The zero-order valence-electron chi connectivity index (χ0n) is 9.44. The first-order chi connectivity index (χ1) is 6.77. The summed E-state index contributed by atoms with van der Waals surface area (Å²) in [5.41, 5.74) is 1.12. The lowest BCUT2D eigenvalue weighted by Crippen LogP contribution is -2.11. The smallest absolute Gasteiger partial charge is 0.270 e. The molecule has 0 amide bonds. The van der Waals surface area contributed by atoms with E-state index >= 15 is 0 Å². The summed E-state index contributed by atoms with van der Waals surface area (Å²) >= 11 is 0. The summed E-state index contributed by atoms with van der Waals surface area (Å²) in [6.45, 7) is 6.23. The van der Waals surface area contributed by atoms with Crippen LogP contribution in [0.15, 0.2) is 29.2 Å². The van der Waals surface area contributed by atoms with E-state index in [2.05, 4.69) is 25.0 Å². The SMILES string of the molecule is COS(=O)(=O)c1ccc(C(C)(C)C)cc1. The van der Waals surface area contributed by atoms with Gasteiger partial charge >= 0.3 is 0 Å². The Hall–Kier alpha value is -0.870. The molecule has 0 bridgehead atoms. The third kappa shape index (κ3) is 2.79. The van der Waals surface area contributed by atoms with Crippen molar-refractivity contribution in [2.45, 2.75) is 31.1 Å². The summed E-state index contributed by atoms with van der Waals surface area (Å²) in [4.78, 5) is 0.193. The maximum atomic E-state index is 11.3. The van der Waals surface area contributed by atoms with Gasteiger partial charge in [-0.1, -0.05) is 32.9 Å². The Morgan fingerprint density at radius 1 is 1.07 bits per heavy atom. The van der Waals surface area contributed by atoms with Crippen molar-refractivity contribution in [2.75, 3.05) is 7.11 Å². The van der Waals surface area contributed by atoms with Crippen LogP contribution < -0.4 is 0 Å². The third-order valence-electron chi connectivity index (χ3n) is 2.23. The molecule has 0 aliphatic carbocycles. The van der Waals surface area contributed by atoms with Crippen molar-refractivity contribution in [3.8, 4) is 0 Å². The fraction of sp³-hybridized carbons (Fsp3) is 0.455. The molecule has 0 heterocycles. The average molecular weight is 228 g/mol. The Labute approximate surface area is 91.2 Å². The van der Waals surface area contributed by atoms with Crippen LogP contribution in [0.3, 0.4) is 0 Å². The van der Waals surface area contributed by atoms with Crippen molar-refractivity contribution in [1.82, 2.24) is 0 Å². The highest BCUT2D eigenvalue weighted by Crippen LogP contribution is 2.23. The lowest BCUT2D eigenvalue weighted by molar-refractivity contribution is 0.397. The van der Waals surface area contributed by atoms with Crippen LogP contribution >= 0.6 is 0 Å². The van der Waals surface area contributed by atoms with Crippen LogP contribution in [0.2, 0.25) is 0 Å². The summed E-state index contributed by atoms with van der Waals surface area (Å²) < 4.78 is 27.1. The molecule has 1 aromatic carbocycles. The van der Waals surface area contributed by atoms with Gasteiger partial charge in [0.15, 0.2) is 0 Å². The molecule has 4 heteroatoms. The molecule has 0 atom stereocenters. The predicted octanol–water partition coefficient (Wildman–Crippen LogP) is 2.32. The van der Waals surface area contributed by atoms with Crippen LogP contribution in [-0.4, -0.2) is 15.5 Å². The highest BCUT2D eigenvalue weighted by Gasteiger charge is 2.16. The molecule has 0 unspecified atom stereocenters. The average Bonchev–Trinajstić information content (AvgIpc) is 2.17. The van der Waals surface area contributed by atoms with Crippen LogP contribution in [0.1, 0.15) is 26.3 Å². The molecule has 15 heavy (non-hydrogen) atoms. The van der Waals surface area contributed by atoms with Gasteiger partial charge in [-0.05, 0) is 23.1 Å². The van der Waals surface area contributed by atoms with Gasteiger partial charge in [-0.3, -0.25) is 4.18 Å². The second-order valence-electron chi connectivity index (χ2n) is 4.40. The fourth-order valence-corrected chi connectivity index (χ4v) is 1.88. The Morgan fingerprint density at radius 2 is 1.53 bits per heavy atom. The second kappa shape index (κ2) is 3.94. The van der Waals surface area contributed by atoms with Gasteiger partial charge in [-0.25, -0.2) is 0 Å². The molecule has 1 rings (SSSR count). The molecular weight excluding hydrogens is 212 g/mol. The minimum Gasteiger partial charge on any atom is -0.270 e. The highest BCUT2D eigenvalue weighted by atomic mass is 32.2. The Morgan fingerprint density at radius 3 is 1.87 bits per heavy atom. The van der Waals surface area contributed by atoms with E-state index < -0.39 is 10.1 Å². The lowest BCUT2D eigenvalue weighted by atomic mass is 9.87. The van der Waals surface area contributed by atoms with E-state index in [1.807, 2.05) is 12.1 Å². The summed E-state index contributed by atoms with van der Waals surface area (Å²) in [5, 5.41) is 0. The number of hydrogen-bond acceptors (Lipinski definition) is 3. The van der Waals surface area contributed by atoms with Crippen molar-refractivity contribution in [2.24, 2.45) is 0 Å². The van der Waals surface area contributed by atoms with E-state index in [1.165, 1.54) is 0 Å². The lowest BCUT2D eigenvalue weighted by Gasteiger charge is -2.18. The second-order valence-corrected chi connectivity index (χ2v) is 6.11. The fourth-order valence-electron chi connectivity index (χ4n) is 1.22. The van der Waals surface area contributed by atoms with Gasteiger partial charge < -0.3 is 0 Å². The van der Waals surface area contributed by atoms with Crippen molar-refractivity contribution < 1.29 is 12.6 Å². The van der Waals surface area contributed by atoms with Gasteiger partial charge in [0.05, 0.1) is 12.0 Å². The molecule has 3 nitrogen and oxygen atoms in total. The van der Waals surface area contributed by atoms with Crippen molar-refractivity contribution in [3.63, 3.8) is 0 Å². The van der Waals surface area contributed by atoms with Crippen LogP contribution in [0.5, 0.6) is 0 Å². The van der Waals surface area contributed by atoms with Crippen molar-refractivity contribution >= 4 is 10.1 Å². The molecule has 0 aromatic heterocycles. The van der Waals surface area contributed by atoms with Gasteiger partial charge in [-0.2, -0.15) is 8.42 Å². The summed E-state index contributed by atoms with van der Waals surface area (Å²) in [7, 11) is -2.40. The maximum absolute atomic E-state index is 11.3. The number of benzene rings is 1. The normalized spacial score (nSPS) is 12.8. The van der Waals surface area contributed by atoms with E-state index in [0.29, 0.717) is 0 Å². The molecule has 0 aliphatic rings. The zero-order chi connectivity index (χ0) is 11.7. The molecular formula is C11H16O3S. The summed E-state index contributed by atoms with van der Waals surface area (Å²) in [5.74, 6) is 0. The van der Waals surface area contributed by atoms with Crippen LogP contribution in [0.25, 0.3) is 0 Å². The topological polar surface area (TPSA) is 43.4 Å². The molecule has 0 spiro atoms. The van der Waals surface area contributed by atoms with Gasteiger partial charge in [0, 0.05) is 0 Å². The zero-order valence-corrected chi connectivity index (χ0v) is 10.3.